The molecule has 23 heavy (non-hydrogen) atoms. The van der Waals surface area contributed by atoms with E-state index in [1.54, 1.807) is 11.8 Å². The molecule has 1 rings (SSSR count). The predicted molar refractivity (Wildman–Crippen MR) is 96.5 cm³/mol. The Bertz CT molecular complexity index is 465. The zero-order valence-electron chi connectivity index (χ0n) is 14.1. The number of hydrogen-bond donors (Lipinski definition) is 2. The third-order valence-electron chi connectivity index (χ3n) is 3.43. The lowest BCUT2D eigenvalue weighted by Crippen LogP contribution is -2.47. The highest BCUT2D eigenvalue weighted by Crippen LogP contribution is 2.18. The molecule has 0 saturated carbocycles. The molecular weight excluding hydrogens is 308 g/mol. The average molecular weight is 337 g/mol. The van der Waals surface area contributed by atoms with Crippen molar-refractivity contribution in [3.63, 3.8) is 0 Å². The predicted octanol–water partition coefficient (Wildman–Crippen LogP) is 3.37. The Morgan fingerprint density at radius 1 is 1.09 bits per heavy atom. The van der Waals surface area contributed by atoms with Gasteiger partial charge in [-0.1, -0.05) is 50.8 Å². The van der Waals surface area contributed by atoms with Crippen molar-refractivity contribution in [3.05, 3.63) is 30.3 Å². The summed E-state index contributed by atoms with van der Waals surface area (Å²) in [4.78, 5) is 24.7. The van der Waals surface area contributed by atoms with Gasteiger partial charge in [0, 0.05) is 24.1 Å². The Balaban J connectivity index is 2.36. The topological polar surface area (TPSA) is 58.2 Å². The Labute approximate surface area is 143 Å². The number of carbonyl (C=O) groups excluding carboxylic acids is 2. The van der Waals surface area contributed by atoms with Crippen LogP contribution in [0.15, 0.2) is 35.2 Å². The van der Waals surface area contributed by atoms with Crippen LogP contribution in [0.25, 0.3) is 0 Å². The molecule has 1 aromatic rings. The molecular formula is C18H28N2O2S. The Morgan fingerprint density at radius 3 is 2.43 bits per heavy atom. The molecule has 4 nitrogen and oxygen atoms in total. The molecule has 2 N–H and O–H groups in total. The first kappa shape index (κ1) is 19.6. The van der Waals surface area contributed by atoms with Gasteiger partial charge in [0.15, 0.2) is 0 Å². The summed E-state index contributed by atoms with van der Waals surface area (Å²) in [7, 11) is 0. The quantitative estimate of drug-likeness (QED) is 0.481. The maximum Gasteiger partial charge on any atom is 0.243 e. The van der Waals surface area contributed by atoms with E-state index < -0.39 is 6.04 Å². The number of rotatable bonds is 11. The van der Waals surface area contributed by atoms with Crippen molar-refractivity contribution in [3.8, 4) is 0 Å². The molecule has 5 heteroatoms. The minimum atomic E-state index is -0.492. The first-order chi connectivity index (χ1) is 11.1. The summed E-state index contributed by atoms with van der Waals surface area (Å²) in [5.74, 6) is 0.256. The van der Waals surface area contributed by atoms with Crippen LogP contribution >= 0.6 is 11.8 Å². The summed E-state index contributed by atoms with van der Waals surface area (Å²) in [6.07, 6.45) is 5.80. The maximum absolute atomic E-state index is 12.2. The van der Waals surface area contributed by atoms with Crippen LogP contribution in [0.4, 0.5) is 0 Å². The van der Waals surface area contributed by atoms with E-state index in [1.165, 1.54) is 26.2 Å². The molecule has 0 aliphatic heterocycles. The maximum atomic E-state index is 12.2. The molecule has 0 saturated heterocycles. The van der Waals surface area contributed by atoms with Gasteiger partial charge in [-0.25, -0.2) is 0 Å². The van der Waals surface area contributed by atoms with E-state index in [9.17, 15) is 9.59 Å². The number of thioether (sulfide) groups is 1. The lowest BCUT2D eigenvalue weighted by Gasteiger charge is -2.17. The minimum absolute atomic E-state index is 0.0980. The van der Waals surface area contributed by atoms with E-state index in [-0.39, 0.29) is 11.8 Å². The highest BCUT2D eigenvalue weighted by molar-refractivity contribution is 7.99. The molecule has 0 aliphatic carbocycles. The molecule has 0 radical (unpaired) electrons. The first-order valence-electron chi connectivity index (χ1n) is 8.36. The summed E-state index contributed by atoms with van der Waals surface area (Å²) >= 11 is 1.57. The zero-order chi connectivity index (χ0) is 16.9. The molecule has 0 fully saturated rings. The van der Waals surface area contributed by atoms with Gasteiger partial charge in [-0.3, -0.25) is 9.59 Å². The number of hydrogen-bond acceptors (Lipinski definition) is 3. The molecule has 0 aromatic heterocycles. The summed E-state index contributed by atoms with van der Waals surface area (Å²) in [5, 5.41) is 5.67. The third-order valence-corrected chi connectivity index (χ3v) is 4.54. The van der Waals surface area contributed by atoms with Crippen molar-refractivity contribution in [1.82, 2.24) is 10.6 Å². The highest BCUT2D eigenvalue weighted by Gasteiger charge is 2.19. The second kappa shape index (κ2) is 12.0. The van der Waals surface area contributed by atoms with Crippen molar-refractivity contribution in [2.75, 3.05) is 12.3 Å². The van der Waals surface area contributed by atoms with Crippen LogP contribution in [0.5, 0.6) is 0 Å². The minimum Gasteiger partial charge on any atom is -0.354 e. The van der Waals surface area contributed by atoms with Gasteiger partial charge >= 0.3 is 0 Å². The van der Waals surface area contributed by atoms with E-state index >= 15 is 0 Å². The van der Waals surface area contributed by atoms with Crippen molar-refractivity contribution in [2.24, 2.45) is 0 Å². The summed E-state index contributed by atoms with van der Waals surface area (Å²) in [6.45, 7) is 4.30. The number of amides is 2. The van der Waals surface area contributed by atoms with Gasteiger partial charge in [-0.05, 0) is 18.6 Å². The molecule has 128 valence electrons. The normalized spacial score (nSPS) is 11.7. The van der Waals surface area contributed by atoms with Gasteiger partial charge in [-0.2, -0.15) is 0 Å². The fraction of sp³-hybridized carbons (Fsp3) is 0.556. The van der Waals surface area contributed by atoms with Crippen molar-refractivity contribution in [2.45, 2.75) is 56.9 Å². The van der Waals surface area contributed by atoms with Gasteiger partial charge in [0.2, 0.25) is 11.8 Å². The lowest BCUT2D eigenvalue weighted by molar-refractivity contribution is -0.127. The van der Waals surface area contributed by atoms with Crippen LogP contribution in [0.1, 0.15) is 46.0 Å². The van der Waals surface area contributed by atoms with Crippen LogP contribution < -0.4 is 10.6 Å². The SMILES string of the molecule is CCCCCCCNC(=O)C(CSc1ccccc1)NC(C)=O. The fourth-order valence-electron chi connectivity index (χ4n) is 2.19. The van der Waals surface area contributed by atoms with Crippen LogP contribution in [-0.4, -0.2) is 30.2 Å². The molecule has 1 atom stereocenters. The molecule has 1 aromatic carbocycles. The van der Waals surface area contributed by atoms with Crippen LogP contribution in [-0.2, 0) is 9.59 Å². The summed E-state index contributed by atoms with van der Waals surface area (Å²) in [6, 6.07) is 9.40. The van der Waals surface area contributed by atoms with E-state index in [0.717, 1.165) is 17.7 Å². The molecule has 1 unspecified atom stereocenters. The van der Waals surface area contributed by atoms with Gasteiger partial charge in [0.05, 0.1) is 0 Å². The smallest absolute Gasteiger partial charge is 0.243 e. The van der Waals surface area contributed by atoms with Crippen LogP contribution in [0, 0.1) is 0 Å². The molecule has 0 bridgehead atoms. The number of nitrogens with one attached hydrogen (secondary N) is 2. The summed E-state index contributed by atoms with van der Waals surface area (Å²) in [5.41, 5.74) is 0. The average Bonchev–Trinajstić information content (AvgIpc) is 2.55. The summed E-state index contributed by atoms with van der Waals surface area (Å²) < 4.78 is 0. The second-order valence-corrected chi connectivity index (χ2v) is 6.68. The van der Waals surface area contributed by atoms with Gasteiger partial charge < -0.3 is 10.6 Å². The zero-order valence-corrected chi connectivity index (χ0v) is 15.0. The molecule has 0 heterocycles. The van der Waals surface area contributed by atoms with Crippen molar-refractivity contribution >= 4 is 23.6 Å². The highest BCUT2D eigenvalue weighted by atomic mass is 32.2. The molecule has 0 aliphatic rings. The Kier molecular flexibility index (Phi) is 10.2. The van der Waals surface area contributed by atoms with Gasteiger partial charge in [-0.15, -0.1) is 11.8 Å². The Hall–Kier alpha value is -1.49. The monoisotopic (exact) mass is 336 g/mol. The van der Waals surface area contributed by atoms with Crippen molar-refractivity contribution < 1.29 is 9.59 Å². The van der Waals surface area contributed by atoms with E-state index in [4.69, 9.17) is 0 Å². The Morgan fingerprint density at radius 2 is 1.78 bits per heavy atom. The standard InChI is InChI=1S/C18H28N2O2S/c1-3-4-5-6-10-13-19-18(22)17(20-15(2)21)14-23-16-11-8-7-9-12-16/h7-9,11-12,17H,3-6,10,13-14H2,1-2H3,(H,19,22)(H,20,21). The number of carbonyl (C=O) groups is 2. The van der Waals surface area contributed by atoms with E-state index in [2.05, 4.69) is 17.6 Å². The van der Waals surface area contributed by atoms with Crippen LogP contribution in [0.3, 0.4) is 0 Å². The number of benzene rings is 1. The van der Waals surface area contributed by atoms with E-state index in [1.807, 2.05) is 30.3 Å². The fourth-order valence-corrected chi connectivity index (χ4v) is 3.13. The van der Waals surface area contributed by atoms with E-state index in [0.29, 0.717) is 12.3 Å². The second-order valence-electron chi connectivity index (χ2n) is 5.58. The van der Waals surface area contributed by atoms with Gasteiger partial charge in [0.25, 0.3) is 0 Å². The lowest BCUT2D eigenvalue weighted by atomic mass is 10.1. The number of unbranched alkanes of at least 4 members (excludes halogenated alkanes) is 4. The van der Waals surface area contributed by atoms with Crippen molar-refractivity contribution in [1.29, 1.82) is 0 Å². The molecule has 0 spiro atoms. The first-order valence-corrected chi connectivity index (χ1v) is 9.34. The largest absolute Gasteiger partial charge is 0.354 e. The van der Waals surface area contributed by atoms with Crippen LogP contribution in [0.2, 0.25) is 0 Å². The third kappa shape index (κ3) is 9.29. The van der Waals surface area contributed by atoms with Gasteiger partial charge in [0.1, 0.15) is 6.04 Å². The molecule has 2 amide bonds.